The first-order chi connectivity index (χ1) is 13.1. The van der Waals surface area contributed by atoms with Gasteiger partial charge < -0.3 is 10.4 Å². The van der Waals surface area contributed by atoms with Crippen LogP contribution in [0.15, 0.2) is 17.5 Å². The van der Waals surface area contributed by atoms with Gasteiger partial charge in [-0.2, -0.15) is 0 Å². The van der Waals surface area contributed by atoms with Crippen molar-refractivity contribution in [3.8, 4) is 0 Å². The van der Waals surface area contributed by atoms with Gasteiger partial charge in [0.15, 0.2) is 5.13 Å². The van der Waals surface area contributed by atoms with E-state index in [2.05, 4.69) is 29.4 Å². The van der Waals surface area contributed by atoms with Crippen LogP contribution in [0.4, 0.5) is 5.13 Å². The van der Waals surface area contributed by atoms with E-state index in [9.17, 15) is 9.59 Å². The monoisotopic (exact) mass is 394 g/mol. The zero-order valence-electron chi connectivity index (χ0n) is 16.5. The SMILES string of the molecule is CCCCCC/C=C\CCCCCCCC(=O)Nc1nc(CC(=O)O)cs1. The van der Waals surface area contributed by atoms with Crippen LogP contribution in [0.3, 0.4) is 0 Å². The van der Waals surface area contributed by atoms with E-state index in [4.69, 9.17) is 5.11 Å². The fourth-order valence-corrected chi connectivity index (χ4v) is 3.51. The number of aromatic nitrogens is 1. The lowest BCUT2D eigenvalue weighted by molar-refractivity contribution is -0.136. The normalized spacial score (nSPS) is 11.1. The van der Waals surface area contributed by atoms with Crippen LogP contribution in [0.25, 0.3) is 0 Å². The van der Waals surface area contributed by atoms with Gasteiger partial charge in [-0.3, -0.25) is 9.59 Å². The Kier molecular flexibility index (Phi) is 13.3. The quantitative estimate of drug-likeness (QED) is 0.267. The second-order valence-corrected chi connectivity index (χ2v) is 7.75. The number of nitrogens with one attached hydrogen (secondary N) is 1. The summed E-state index contributed by atoms with van der Waals surface area (Å²) in [4.78, 5) is 26.6. The van der Waals surface area contributed by atoms with Gasteiger partial charge in [-0.15, -0.1) is 11.3 Å². The Labute approximate surface area is 167 Å². The molecule has 0 fully saturated rings. The summed E-state index contributed by atoms with van der Waals surface area (Å²) in [5.41, 5.74) is 0.484. The maximum Gasteiger partial charge on any atom is 0.309 e. The van der Waals surface area contributed by atoms with Crippen molar-refractivity contribution >= 4 is 28.3 Å². The van der Waals surface area contributed by atoms with Crippen molar-refractivity contribution in [2.75, 3.05) is 5.32 Å². The summed E-state index contributed by atoms with van der Waals surface area (Å²) in [6.45, 7) is 2.24. The van der Waals surface area contributed by atoms with Crippen molar-refractivity contribution in [2.45, 2.75) is 90.4 Å². The maximum atomic E-state index is 11.9. The molecule has 152 valence electrons. The number of rotatable bonds is 16. The van der Waals surface area contributed by atoms with E-state index in [0.717, 1.165) is 25.7 Å². The number of nitrogens with zero attached hydrogens (tertiary/aromatic N) is 1. The first-order valence-electron chi connectivity index (χ1n) is 10.2. The molecule has 1 heterocycles. The Bertz CT molecular complexity index is 570. The number of hydrogen-bond acceptors (Lipinski definition) is 4. The van der Waals surface area contributed by atoms with Crippen molar-refractivity contribution in [3.63, 3.8) is 0 Å². The summed E-state index contributed by atoms with van der Waals surface area (Å²) in [6, 6.07) is 0. The molecular formula is C21H34N2O3S. The molecule has 0 aliphatic carbocycles. The van der Waals surface area contributed by atoms with Gasteiger partial charge in [0, 0.05) is 11.8 Å². The van der Waals surface area contributed by atoms with Crippen molar-refractivity contribution in [2.24, 2.45) is 0 Å². The largest absolute Gasteiger partial charge is 0.481 e. The van der Waals surface area contributed by atoms with Crippen LogP contribution < -0.4 is 5.32 Å². The molecule has 0 saturated heterocycles. The molecule has 6 heteroatoms. The van der Waals surface area contributed by atoms with Crippen LogP contribution >= 0.6 is 11.3 Å². The molecule has 0 unspecified atom stereocenters. The average molecular weight is 395 g/mol. The molecule has 0 aliphatic rings. The van der Waals surface area contributed by atoms with Crippen LogP contribution in [-0.2, 0) is 16.0 Å². The number of anilines is 1. The number of unbranched alkanes of at least 4 members (excludes halogenated alkanes) is 9. The van der Waals surface area contributed by atoms with Gasteiger partial charge in [-0.1, -0.05) is 57.6 Å². The van der Waals surface area contributed by atoms with Crippen LogP contribution in [-0.4, -0.2) is 22.0 Å². The van der Waals surface area contributed by atoms with Gasteiger partial charge >= 0.3 is 5.97 Å². The fourth-order valence-electron chi connectivity index (χ4n) is 2.79. The summed E-state index contributed by atoms with van der Waals surface area (Å²) in [5, 5.41) is 13.6. The topological polar surface area (TPSA) is 79.3 Å². The van der Waals surface area contributed by atoms with Crippen molar-refractivity contribution in [1.82, 2.24) is 4.98 Å². The lowest BCUT2D eigenvalue weighted by Gasteiger charge is -2.02. The van der Waals surface area contributed by atoms with E-state index >= 15 is 0 Å². The van der Waals surface area contributed by atoms with E-state index < -0.39 is 5.97 Å². The molecule has 0 saturated carbocycles. The number of carboxylic acids is 1. The Hall–Kier alpha value is -1.69. The molecule has 1 aromatic rings. The number of carbonyl (C=O) groups is 2. The Balaban J connectivity index is 1.95. The third-order valence-corrected chi connectivity index (χ3v) is 5.10. The van der Waals surface area contributed by atoms with Crippen LogP contribution in [0.1, 0.15) is 89.7 Å². The third kappa shape index (κ3) is 13.2. The molecule has 0 bridgehead atoms. The lowest BCUT2D eigenvalue weighted by atomic mass is 10.1. The van der Waals surface area contributed by atoms with E-state index in [1.807, 2.05) is 0 Å². The summed E-state index contributed by atoms with van der Waals surface area (Å²) in [6.07, 6.45) is 18.2. The number of aliphatic carboxylic acids is 1. The minimum atomic E-state index is -0.916. The fraction of sp³-hybridized carbons (Fsp3) is 0.667. The van der Waals surface area contributed by atoms with Gasteiger partial charge in [0.2, 0.25) is 5.91 Å². The number of allylic oxidation sites excluding steroid dienone is 2. The van der Waals surface area contributed by atoms with Crippen LogP contribution in [0, 0.1) is 0 Å². The number of carbonyl (C=O) groups excluding carboxylic acids is 1. The number of amides is 1. The average Bonchev–Trinajstić information content (AvgIpc) is 3.05. The molecule has 1 aromatic heterocycles. The minimum absolute atomic E-state index is 0.0442. The third-order valence-electron chi connectivity index (χ3n) is 4.30. The summed E-state index contributed by atoms with van der Waals surface area (Å²) in [7, 11) is 0. The van der Waals surface area contributed by atoms with E-state index in [0.29, 0.717) is 17.2 Å². The smallest absolute Gasteiger partial charge is 0.309 e. The van der Waals surface area contributed by atoms with Crippen LogP contribution in [0.5, 0.6) is 0 Å². The number of carboxylic acid groups (broad SMARTS) is 1. The number of thiazole rings is 1. The zero-order chi connectivity index (χ0) is 19.7. The summed E-state index contributed by atoms with van der Waals surface area (Å²) < 4.78 is 0. The molecule has 1 amide bonds. The minimum Gasteiger partial charge on any atom is -0.481 e. The van der Waals surface area contributed by atoms with Crippen molar-refractivity contribution in [1.29, 1.82) is 0 Å². The molecule has 1 rings (SSSR count). The lowest BCUT2D eigenvalue weighted by Crippen LogP contribution is -2.11. The number of hydrogen-bond donors (Lipinski definition) is 2. The molecule has 27 heavy (non-hydrogen) atoms. The molecule has 0 aliphatic heterocycles. The summed E-state index contributed by atoms with van der Waals surface area (Å²) >= 11 is 1.27. The molecule has 0 radical (unpaired) electrons. The highest BCUT2D eigenvalue weighted by Gasteiger charge is 2.08. The molecule has 0 spiro atoms. The highest BCUT2D eigenvalue weighted by Crippen LogP contribution is 2.16. The predicted molar refractivity (Wildman–Crippen MR) is 112 cm³/mol. The first kappa shape index (κ1) is 23.3. The standard InChI is InChI=1S/C21H34N2O3S/c1-2-3-4-5-6-7-8-9-10-11-12-13-14-15-19(24)23-21-22-18(17-27-21)16-20(25)26/h7-8,17H,2-6,9-16H2,1H3,(H,25,26)(H,22,23,24)/b8-7-. The van der Waals surface area contributed by atoms with Gasteiger partial charge in [0.25, 0.3) is 0 Å². The van der Waals surface area contributed by atoms with Crippen molar-refractivity contribution < 1.29 is 14.7 Å². The van der Waals surface area contributed by atoms with E-state index in [1.165, 1.54) is 56.3 Å². The van der Waals surface area contributed by atoms with Crippen LogP contribution in [0.2, 0.25) is 0 Å². The van der Waals surface area contributed by atoms with Gasteiger partial charge in [0.05, 0.1) is 12.1 Å². The van der Waals surface area contributed by atoms with Gasteiger partial charge in [-0.25, -0.2) is 4.98 Å². The Morgan fingerprint density at radius 3 is 2.33 bits per heavy atom. The maximum absolute atomic E-state index is 11.9. The van der Waals surface area contributed by atoms with Gasteiger partial charge in [-0.05, 0) is 32.1 Å². The first-order valence-corrected chi connectivity index (χ1v) is 11.1. The zero-order valence-corrected chi connectivity index (χ0v) is 17.4. The molecular weight excluding hydrogens is 360 g/mol. The van der Waals surface area contributed by atoms with E-state index in [1.54, 1.807) is 5.38 Å². The molecule has 2 N–H and O–H groups in total. The predicted octanol–water partition coefficient (Wildman–Crippen LogP) is 5.97. The van der Waals surface area contributed by atoms with Gasteiger partial charge in [0.1, 0.15) is 0 Å². The molecule has 0 atom stereocenters. The summed E-state index contributed by atoms with van der Waals surface area (Å²) in [5.74, 6) is -0.960. The second-order valence-electron chi connectivity index (χ2n) is 6.89. The van der Waals surface area contributed by atoms with E-state index in [-0.39, 0.29) is 12.3 Å². The highest BCUT2D eigenvalue weighted by molar-refractivity contribution is 7.13. The molecule has 5 nitrogen and oxygen atoms in total. The molecule has 0 aromatic carbocycles. The Morgan fingerprint density at radius 2 is 1.67 bits per heavy atom. The highest BCUT2D eigenvalue weighted by atomic mass is 32.1. The van der Waals surface area contributed by atoms with Crippen molar-refractivity contribution in [3.05, 3.63) is 23.2 Å². The Morgan fingerprint density at radius 1 is 1.04 bits per heavy atom. The second kappa shape index (κ2) is 15.4.